The van der Waals surface area contributed by atoms with Crippen LogP contribution in [0.25, 0.3) is 0 Å². The van der Waals surface area contributed by atoms with E-state index in [4.69, 9.17) is 4.74 Å². The lowest BCUT2D eigenvalue weighted by molar-refractivity contribution is -0.0144. The van der Waals surface area contributed by atoms with Crippen LogP contribution in [0, 0.1) is 0 Å². The van der Waals surface area contributed by atoms with Crippen molar-refractivity contribution in [1.82, 2.24) is 20.3 Å². The quantitative estimate of drug-likeness (QED) is 0.921. The molecular weight excluding hydrogens is 284 g/mol. The van der Waals surface area contributed by atoms with Gasteiger partial charge in [0.1, 0.15) is 0 Å². The third-order valence-electron chi connectivity index (χ3n) is 3.37. The van der Waals surface area contributed by atoms with E-state index in [9.17, 15) is 0 Å². The number of likely N-dealkylation sites (N-methyl/N-ethyl adjacent to an activating group) is 1. The predicted molar refractivity (Wildman–Crippen MR) is 68.7 cm³/mol. The van der Waals surface area contributed by atoms with E-state index in [1.807, 2.05) is 11.7 Å². The predicted octanol–water partition coefficient (Wildman–Crippen LogP) is 1.80. The maximum Gasteiger partial charge on any atom is 0.153 e. The maximum absolute atomic E-state index is 5.94. The average Bonchev–Trinajstić information content (AvgIpc) is 2.85. The Kier molecular flexibility index (Phi) is 3.85. The number of aromatic nitrogens is 3. The van der Waals surface area contributed by atoms with E-state index in [1.54, 1.807) is 0 Å². The summed E-state index contributed by atoms with van der Waals surface area (Å²) in [6.45, 7) is 5.98. The minimum atomic E-state index is -0.173. The molecule has 0 amide bonds. The SMILES string of the molecule is CCNC(c1c(Br)nnn1C)C1(C)CCCO1. The van der Waals surface area contributed by atoms with Crippen LogP contribution < -0.4 is 5.32 Å². The highest BCUT2D eigenvalue weighted by Crippen LogP contribution is 2.38. The van der Waals surface area contributed by atoms with Crippen LogP contribution in [0.5, 0.6) is 0 Å². The van der Waals surface area contributed by atoms with Crippen LogP contribution in [0.4, 0.5) is 0 Å². The van der Waals surface area contributed by atoms with Crippen molar-refractivity contribution in [2.45, 2.75) is 38.3 Å². The van der Waals surface area contributed by atoms with Gasteiger partial charge in [-0.25, -0.2) is 4.68 Å². The summed E-state index contributed by atoms with van der Waals surface area (Å²) in [5.74, 6) is 0. The summed E-state index contributed by atoms with van der Waals surface area (Å²) < 4.78 is 8.54. The number of aryl methyl sites for hydroxylation is 1. The van der Waals surface area contributed by atoms with Crippen LogP contribution in [0.3, 0.4) is 0 Å². The van der Waals surface area contributed by atoms with Crippen LogP contribution in [0.2, 0.25) is 0 Å². The Morgan fingerprint density at radius 2 is 2.41 bits per heavy atom. The van der Waals surface area contributed by atoms with Gasteiger partial charge in [0.05, 0.1) is 17.3 Å². The molecule has 0 saturated carbocycles. The fourth-order valence-electron chi connectivity index (χ4n) is 2.48. The van der Waals surface area contributed by atoms with E-state index in [-0.39, 0.29) is 11.6 Å². The van der Waals surface area contributed by atoms with Gasteiger partial charge < -0.3 is 10.1 Å². The average molecular weight is 303 g/mol. The normalized spacial score (nSPS) is 26.4. The number of hydrogen-bond acceptors (Lipinski definition) is 4. The lowest BCUT2D eigenvalue weighted by Gasteiger charge is -2.33. The summed E-state index contributed by atoms with van der Waals surface area (Å²) in [5.41, 5.74) is 0.879. The number of hydrogen-bond donors (Lipinski definition) is 1. The molecule has 1 aliphatic rings. The molecule has 2 heterocycles. The molecule has 17 heavy (non-hydrogen) atoms. The topological polar surface area (TPSA) is 52.0 Å². The van der Waals surface area contributed by atoms with Crippen molar-refractivity contribution in [1.29, 1.82) is 0 Å². The molecule has 2 atom stereocenters. The second-order valence-electron chi connectivity index (χ2n) is 4.64. The molecule has 6 heteroatoms. The number of ether oxygens (including phenoxy) is 1. The van der Waals surface area contributed by atoms with Crippen LogP contribution in [-0.2, 0) is 11.8 Å². The summed E-state index contributed by atoms with van der Waals surface area (Å²) in [4.78, 5) is 0. The Labute approximate surface area is 110 Å². The molecule has 0 aliphatic carbocycles. The monoisotopic (exact) mass is 302 g/mol. The van der Waals surface area contributed by atoms with Gasteiger partial charge in [-0.1, -0.05) is 12.1 Å². The second-order valence-corrected chi connectivity index (χ2v) is 5.40. The molecule has 1 N–H and O–H groups in total. The highest BCUT2D eigenvalue weighted by Gasteiger charge is 2.41. The van der Waals surface area contributed by atoms with E-state index >= 15 is 0 Å². The molecule has 1 aromatic heterocycles. The fourth-order valence-corrected chi connectivity index (χ4v) is 3.04. The molecule has 5 nitrogen and oxygen atoms in total. The van der Waals surface area contributed by atoms with Crippen molar-refractivity contribution in [3.05, 3.63) is 10.3 Å². The number of rotatable bonds is 4. The van der Waals surface area contributed by atoms with Crippen molar-refractivity contribution in [2.75, 3.05) is 13.2 Å². The van der Waals surface area contributed by atoms with E-state index in [1.165, 1.54) is 0 Å². The van der Waals surface area contributed by atoms with Crippen molar-refractivity contribution in [3.63, 3.8) is 0 Å². The second kappa shape index (κ2) is 5.04. The molecule has 1 fully saturated rings. The maximum atomic E-state index is 5.94. The Balaban J connectivity index is 2.35. The largest absolute Gasteiger partial charge is 0.373 e. The van der Waals surface area contributed by atoms with Gasteiger partial charge in [0.15, 0.2) is 4.60 Å². The van der Waals surface area contributed by atoms with Gasteiger partial charge in [-0.3, -0.25) is 0 Å². The molecule has 0 bridgehead atoms. The smallest absolute Gasteiger partial charge is 0.153 e. The first-order valence-corrected chi connectivity index (χ1v) is 6.80. The van der Waals surface area contributed by atoms with Crippen molar-refractivity contribution in [2.24, 2.45) is 7.05 Å². The van der Waals surface area contributed by atoms with E-state index in [0.29, 0.717) is 0 Å². The zero-order chi connectivity index (χ0) is 12.5. The highest BCUT2D eigenvalue weighted by molar-refractivity contribution is 9.10. The van der Waals surface area contributed by atoms with Gasteiger partial charge in [-0.2, -0.15) is 0 Å². The van der Waals surface area contributed by atoms with Crippen LogP contribution in [-0.4, -0.2) is 33.7 Å². The Morgan fingerprint density at radius 1 is 1.65 bits per heavy atom. The minimum absolute atomic E-state index is 0.115. The van der Waals surface area contributed by atoms with Gasteiger partial charge in [0.25, 0.3) is 0 Å². The molecule has 1 saturated heterocycles. The zero-order valence-electron chi connectivity index (χ0n) is 10.5. The van der Waals surface area contributed by atoms with Crippen molar-refractivity contribution >= 4 is 15.9 Å². The van der Waals surface area contributed by atoms with Crippen molar-refractivity contribution < 1.29 is 4.74 Å². The molecule has 2 unspecified atom stereocenters. The van der Waals surface area contributed by atoms with Gasteiger partial charge in [-0.05, 0) is 42.2 Å². The standard InChI is InChI=1S/C11H19BrN4O/c1-4-13-9(11(2)6-5-7-17-11)8-10(12)14-15-16(8)3/h9,13H,4-7H2,1-3H3. The number of nitrogens with zero attached hydrogens (tertiary/aromatic N) is 3. The Bertz CT molecular complexity index is 367. The molecule has 1 aliphatic heterocycles. The Morgan fingerprint density at radius 3 is 2.88 bits per heavy atom. The summed E-state index contributed by atoms with van der Waals surface area (Å²) in [7, 11) is 1.91. The fraction of sp³-hybridized carbons (Fsp3) is 0.818. The molecule has 0 spiro atoms. The first-order valence-electron chi connectivity index (χ1n) is 6.01. The number of nitrogens with one attached hydrogen (secondary N) is 1. The summed E-state index contributed by atoms with van der Waals surface area (Å²) in [6.07, 6.45) is 2.17. The van der Waals surface area contributed by atoms with Gasteiger partial charge >= 0.3 is 0 Å². The van der Waals surface area contributed by atoms with E-state index in [2.05, 4.69) is 45.4 Å². The van der Waals surface area contributed by atoms with Gasteiger partial charge in [0, 0.05) is 13.7 Å². The molecule has 0 radical (unpaired) electrons. The third kappa shape index (κ3) is 2.39. The lowest BCUT2D eigenvalue weighted by Crippen LogP contribution is -2.42. The van der Waals surface area contributed by atoms with Crippen LogP contribution in [0.1, 0.15) is 38.4 Å². The van der Waals surface area contributed by atoms with Gasteiger partial charge in [-0.15, -0.1) is 5.10 Å². The molecule has 0 aromatic carbocycles. The van der Waals surface area contributed by atoms with Gasteiger partial charge in [0.2, 0.25) is 0 Å². The minimum Gasteiger partial charge on any atom is -0.373 e. The summed E-state index contributed by atoms with van der Waals surface area (Å²) >= 11 is 3.47. The van der Waals surface area contributed by atoms with E-state index in [0.717, 1.165) is 36.3 Å². The summed E-state index contributed by atoms with van der Waals surface area (Å²) in [5, 5.41) is 11.6. The molecule has 96 valence electrons. The molecule has 1 aromatic rings. The summed E-state index contributed by atoms with van der Waals surface area (Å²) in [6, 6.07) is 0.115. The van der Waals surface area contributed by atoms with E-state index < -0.39 is 0 Å². The third-order valence-corrected chi connectivity index (χ3v) is 3.93. The molecular formula is C11H19BrN4O. The zero-order valence-corrected chi connectivity index (χ0v) is 12.1. The number of halogens is 1. The Hall–Kier alpha value is -0.460. The highest BCUT2D eigenvalue weighted by atomic mass is 79.9. The van der Waals surface area contributed by atoms with Crippen LogP contribution in [0.15, 0.2) is 4.60 Å². The molecule has 2 rings (SSSR count). The first kappa shape index (κ1) is 13.0. The van der Waals surface area contributed by atoms with Crippen molar-refractivity contribution in [3.8, 4) is 0 Å². The first-order chi connectivity index (χ1) is 8.08. The lowest BCUT2D eigenvalue weighted by atomic mass is 9.91. The van der Waals surface area contributed by atoms with Crippen LogP contribution >= 0.6 is 15.9 Å².